The molecule has 0 aromatic heterocycles. The molecule has 3 rings (SSSR count). The lowest BCUT2D eigenvalue weighted by atomic mass is 9.98. The fraction of sp³-hybridized carbons (Fsp3) is 0.571. The first kappa shape index (κ1) is 29.5. The van der Waals surface area contributed by atoms with E-state index in [0.717, 1.165) is 50.9 Å². The molecule has 0 saturated carbocycles. The molecule has 37 heavy (non-hydrogen) atoms. The lowest BCUT2D eigenvalue weighted by molar-refractivity contribution is 0.202. The van der Waals surface area contributed by atoms with Crippen molar-refractivity contribution < 1.29 is 21.6 Å². The Kier molecular flexibility index (Phi) is 10.4. The molecule has 0 fully saturated rings. The van der Waals surface area contributed by atoms with E-state index in [1.54, 1.807) is 12.1 Å². The van der Waals surface area contributed by atoms with Crippen molar-refractivity contribution in [2.24, 2.45) is 0 Å². The highest BCUT2D eigenvalue weighted by atomic mass is 32.3. The average Bonchev–Trinajstić information content (AvgIpc) is 2.85. The molecule has 0 atom stereocenters. The van der Waals surface area contributed by atoms with Crippen molar-refractivity contribution >= 4 is 25.7 Å². The van der Waals surface area contributed by atoms with Crippen LogP contribution in [0.25, 0.3) is 0 Å². The van der Waals surface area contributed by atoms with Crippen LogP contribution >= 0.6 is 0 Å². The summed E-state index contributed by atoms with van der Waals surface area (Å²) in [6.45, 7) is 10.2. The highest BCUT2D eigenvalue weighted by Crippen LogP contribution is 2.33. The Morgan fingerprint density at radius 1 is 0.865 bits per heavy atom. The maximum absolute atomic E-state index is 13.2. The smallest absolute Gasteiger partial charge is 0.248 e. The Morgan fingerprint density at radius 2 is 1.46 bits per heavy atom. The van der Waals surface area contributed by atoms with Crippen molar-refractivity contribution in [1.82, 2.24) is 4.90 Å². The summed E-state index contributed by atoms with van der Waals surface area (Å²) in [6.07, 6.45) is 4.90. The van der Waals surface area contributed by atoms with E-state index in [9.17, 15) is 16.8 Å². The van der Waals surface area contributed by atoms with E-state index in [1.807, 2.05) is 26.0 Å². The Hall–Kier alpha value is -2.10. The summed E-state index contributed by atoms with van der Waals surface area (Å²) in [5.41, 5.74) is 2.56. The summed E-state index contributed by atoms with van der Waals surface area (Å²) in [4.78, 5) is 2.43. The molecule has 0 aliphatic carbocycles. The Balaban J connectivity index is 1.85. The largest absolute Gasteiger partial charge is 0.457 e. The summed E-state index contributed by atoms with van der Waals surface area (Å²) < 4.78 is 59.7. The lowest BCUT2D eigenvalue weighted by Crippen LogP contribution is -2.40. The van der Waals surface area contributed by atoms with Crippen LogP contribution in [0, 0.1) is 0 Å². The molecular weight excluding hydrogens is 508 g/mol. The van der Waals surface area contributed by atoms with E-state index in [0.29, 0.717) is 28.3 Å². The minimum atomic E-state index is -4.04. The van der Waals surface area contributed by atoms with Crippen LogP contribution in [0.2, 0.25) is 0 Å². The Morgan fingerprint density at radius 3 is 2.00 bits per heavy atom. The van der Waals surface area contributed by atoms with Gasteiger partial charge in [-0.2, -0.15) is 3.71 Å². The molecule has 1 aliphatic rings. The monoisotopic (exact) mass is 550 g/mol. The van der Waals surface area contributed by atoms with Gasteiger partial charge in [0.15, 0.2) is 0 Å². The number of benzene rings is 2. The van der Waals surface area contributed by atoms with Crippen LogP contribution in [0.5, 0.6) is 11.5 Å². The Bertz CT molecular complexity index is 1190. The zero-order valence-electron chi connectivity index (χ0n) is 22.6. The number of hydrogen-bond donors (Lipinski definition) is 0. The third kappa shape index (κ3) is 7.71. The number of sulfonamides is 2. The van der Waals surface area contributed by atoms with Crippen LogP contribution in [-0.2, 0) is 33.0 Å². The van der Waals surface area contributed by atoms with E-state index in [1.165, 1.54) is 23.3 Å². The predicted octanol–water partition coefficient (Wildman–Crippen LogP) is 6.09. The van der Waals surface area contributed by atoms with Crippen LogP contribution in [0.1, 0.15) is 77.3 Å². The van der Waals surface area contributed by atoms with Crippen molar-refractivity contribution in [1.29, 1.82) is 0 Å². The number of anilines is 1. The third-order valence-corrected chi connectivity index (χ3v) is 11.2. The van der Waals surface area contributed by atoms with Gasteiger partial charge in [-0.1, -0.05) is 51.7 Å². The standard InChI is InChI=1S/C28H42N2O5S2/c1-5-7-9-20-36(31,32)30(37(33,34)21-10-8-6-2)25-14-16-26(17-15-25)35-28-13-11-12-24-22-29(23(3)4)19-18-27(24)28/h11-17,23H,5-10,18-22H2,1-4H3. The van der Waals surface area contributed by atoms with Gasteiger partial charge >= 0.3 is 0 Å². The van der Waals surface area contributed by atoms with Gasteiger partial charge in [-0.3, -0.25) is 4.90 Å². The van der Waals surface area contributed by atoms with E-state index in [4.69, 9.17) is 4.74 Å². The minimum absolute atomic E-state index is 0.128. The molecule has 7 nitrogen and oxygen atoms in total. The number of unbranched alkanes of at least 4 members (excludes halogenated alkanes) is 4. The van der Waals surface area contributed by atoms with Crippen LogP contribution in [0.15, 0.2) is 42.5 Å². The molecule has 0 amide bonds. The molecule has 1 heterocycles. The second-order valence-corrected chi connectivity index (χ2v) is 14.2. The van der Waals surface area contributed by atoms with Gasteiger partial charge in [0.25, 0.3) is 0 Å². The van der Waals surface area contributed by atoms with Gasteiger partial charge in [0.05, 0.1) is 17.2 Å². The first-order valence-corrected chi connectivity index (χ1v) is 16.7. The maximum atomic E-state index is 13.2. The number of hydrogen-bond acceptors (Lipinski definition) is 6. The third-order valence-electron chi connectivity index (χ3n) is 6.78. The van der Waals surface area contributed by atoms with Crippen molar-refractivity contribution in [2.75, 3.05) is 21.8 Å². The molecule has 0 N–H and O–H groups in total. The topological polar surface area (TPSA) is 84.0 Å². The van der Waals surface area contributed by atoms with E-state index >= 15 is 0 Å². The molecule has 1 aliphatic heterocycles. The van der Waals surface area contributed by atoms with Crippen LogP contribution in [0.3, 0.4) is 0 Å². The van der Waals surface area contributed by atoms with Gasteiger partial charge in [0.1, 0.15) is 11.5 Å². The highest BCUT2D eigenvalue weighted by Gasteiger charge is 2.33. The molecule has 0 bridgehead atoms. The summed E-state index contributed by atoms with van der Waals surface area (Å²) in [7, 11) is -8.08. The summed E-state index contributed by atoms with van der Waals surface area (Å²) in [6, 6.07) is 12.9. The van der Waals surface area contributed by atoms with Gasteiger partial charge in [-0.15, -0.1) is 0 Å². The first-order valence-electron chi connectivity index (χ1n) is 13.5. The molecule has 0 unspecified atom stereocenters. The lowest BCUT2D eigenvalue weighted by Gasteiger charge is -2.32. The molecule has 206 valence electrons. The first-order chi connectivity index (χ1) is 17.6. The highest BCUT2D eigenvalue weighted by molar-refractivity contribution is 8.10. The SMILES string of the molecule is CCCCCS(=O)(=O)N(c1ccc(Oc2cccc3c2CCN(C(C)C)C3)cc1)S(=O)(=O)CCCCC. The fourth-order valence-corrected chi connectivity index (χ4v) is 8.81. The summed E-state index contributed by atoms with van der Waals surface area (Å²) in [5, 5.41) is 0. The molecule has 0 saturated heterocycles. The zero-order valence-corrected chi connectivity index (χ0v) is 24.3. The second-order valence-electron chi connectivity index (χ2n) is 10.0. The summed E-state index contributed by atoms with van der Waals surface area (Å²) >= 11 is 0. The summed E-state index contributed by atoms with van der Waals surface area (Å²) in [5.74, 6) is 0.922. The van der Waals surface area contributed by atoms with Crippen molar-refractivity contribution in [3.05, 3.63) is 53.6 Å². The van der Waals surface area contributed by atoms with Gasteiger partial charge in [0, 0.05) is 24.7 Å². The number of rotatable bonds is 14. The average molecular weight is 551 g/mol. The predicted molar refractivity (Wildman–Crippen MR) is 151 cm³/mol. The number of nitrogens with zero attached hydrogens (tertiary/aromatic N) is 2. The van der Waals surface area contributed by atoms with Crippen molar-refractivity contribution in [2.45, 2.75) is 85.2 Å². The number of ether oxygens (including phenoxy) is 1. The van der Waals surface area contributed by atoms with Gasteiger partial charge in [-0.05, 0) is 69.0 Å². The second kappa shape index (κ2) is 13.1. The van der Waals surface area contributed by atoms with Crippen LogP contribution in [0.4, 0.5) is 5.69 Å². The van der Waals surface area contributed by atoms with Crippen LogP contribution < -0.4 is 8.45 Å². The normalized spacial score (nSPS) is 14.5. The van der Waals surface area contributed by atoms with E-state index < -0.39 is 20.0 Å². The maximum Gasteiger partial charge on any atom is 0.248 e. The molecule has 9 heteroatoms. The molecule has 2 aromatic rings. The van der Waals surface area contributed by atoms with Crippen LogP contribution in [-0.4, -0.2) is 45.8 Å². The van der Waals surface area contributed by atoms with Crippen molar-refractivity contribution in [3.8, 4) is 11.5 Å². The molecule has 0 radical (unpaired) electrons. The zero-order chi connectivity index (χ0) is 27.1. The molecular formula is C28H42N2O5S2. The molecule has 2 aromatic carbocycles. The van der Waals surface area contributed by atoms with E-state index in [-0.39, 0.29) is 17.2 Å². The van der Waals surface area contributed by atoms with Crippen molar-refractivity contribution in [3.63, 3.8) is 0 Å². The minimum Gasteiger partial charge on any atom is -0.457 e. The quantitative estimate of drug-likeness (QED) is 0.265. The fourth-order valence-electron chi connectivity index (χ4n) is 4.62. The van der Waals surface area contributed by atoms with Gasteiger partial charge < -0.3 is 4.74 Å². The van der Waals surface area contributed by atoms with E-state index in [2.05, 4.69) is 24.8 Å². The molecule has 0 spiro atoms. The van der Waals surface area contributed by atoms with Gasteiger partial charge in [-0.25, -0.2) is 16.8 Å². The Labute approximate surface area is 223 Å². The number of fused-ring (bicyclic) bond motifs is 1. The van der Waals surface area contributed by atoms with Gasteiger partial charge in [0.2, 0.25) is 20.0 Å².